The zero-order chi connectivity index (χ0) is 18.1. The summed E-state index contributed by atoms with van der Waals surface area (Å²) in [4.78, 5) is 6.87. The molecule has 136 valence electrons. The van der Waals surface area contributed by atoms with E-state index in [0.717, 1.165) is 24.8 Å². The van der Waals surface area contributed by atoms with Gasteiger partial charge in [-0.3, -0.25) is 0 Å². The molecule has 6 heteroatoms. The number of rotatable bonds is 8. The van der Waals surface area contributed by atoms with Crippen molar-refractivity contribution in [3.63, 3.8) is 0 Å². The number of thiophene rings is 1. The Kier molecular flexibility index (Phi) is 7.76. The Morgan fingerprint density at radius 1 is 1.28 bits per heavy atom. The first-order chi connectivity index (χ1) is 12.1. The van der Waals surface area contributed by atoms with Gasteiger partial charge in [0.2, 0.25) is 0 Å². The molecule has 2 N–H and O–H groups in total. The molecule has 1 atom stereocenters. The number of guanidine groups is 1. The number of methoxy groups -OCH3 is 1. The van der Waals surface area contributed by atoms with E-state index in [9.17, 15) is 0 Å². The third kappa shape index (κ3) is 6.07. The van der Waals surface area contributed by atoms with Crippen LogP contribution in [0.1, 0.15) is 24.1 Å². The van der Waals surface area contributed by atoms with Crippen LogP contribution in [0.2, 0.25) is 0 Å². The fourth-order valence-electron chi connectivity index (χ4n) is 2.54. The lowest BCUT2D eigenvalue weighted by Gasteiger charge is -2.26. The standard InChI is InChI=1S/C19H28N4OS/c1-5-20-19(21-12-15-9-10-25-14-15)22-13-18(23(2)3)16-7-6-8-17(11-16)24-4/h6-11,14,18H,5,12-13H2,1-4H3,(H2,20,21,22). The lowest BCUT2D eigenvalue weighted by atomic mass is 10.1. The van der Waals surface area contributed by atoms with E-state index in [1.165, 1.54) is 11.1 Å². The van der Waals surface area contributed by atoms with Crippen molar-refractivity contribution in [2.45, 2.75) is 19.5 Å². The predicted octanol–water partition coefficient (Wildman–Crippen LogP) is 3.11. The van der Waals surface area contributed by atoms with Crippen LogP contribution in [-0.2, 0) is 6.54 Å². The van der Waals surface area contributed by atoms with Crippen LogP contribution >= 0.6 is 11.3 Å². The van der Waals surface area contributed by atoms with E-state index in [2.05, 4.69) is 70.5 Å². The van der Waals surface area contributed by atoms with E-state index in [4.69, 9.17) is 4.74 Å². The predicted molar refractivity (Wildman–Crippen MR) is 107 cm³/mol. The van der Waals surface area contributed by atoms with E-state index in [0.29, 0.717) is 6.54 Å². The Bertz CT molecular complexity index is 655. The lowest BCUT2D eigenvalue weighted by Crippen LogP contribution is -2.41. The highest BCUT2D eigenvalue weighted by Gasteiger charge is 2.15. The lowest BCUT2D eigenvalue weighted by molar-refractivity contribution is 0.297. The van der Waals surface area contributed by atoms with Crippen molar-refractivity contribution in [1.29, 1.82) is 0 Å². The number of nitrogens with zero attached hydrogens (tertiary/aromatic N) is 2. The fraction of sp³-hybridized carbons (Fsp3) is 0.421. The summed E-state index contributed by atoms with van der Waals surface area (Å²) in [5, 5.41) is 11.0. The van der Waals surface area contributed by atoms with Crippen LogP contribution in [0.4, 0.5) is 0 Å². The molecule has 1 heterocycles. The fourth-order valence-corrected chi connectivity index (χ4v) is 3.20. The minimum Gasteiger partial charge on any atom is -0.497 e. The van der Waals surface area contributed by atoms with Crippen molar-refractivity contribution in [3.8, 4) is 5.75 Å². The molecule has 0 saturated heterocycles. The second-order valence-corrected chi connectivity index (χ2v) is 6.74. The number of hydrogen-bond donors (Lipinski definition) is 2. The largest absolute Gasteiger partial charge is 0.497 e. The van der Waals surface area contributed by atoms with Crippen molar-refractivity contribution in [3.05, 3.63) is 52.2 Å². The van der Waals surface area contributed by atoms with Crippen LogP contribution in [-0.4, -0.2) is 45.2 Å². The van der Waals surface area contributed by atoms with Gasteiger partial charge in [0.05, 0.1) is 19.7 Å². The van der Waals surface area contributed by atoms with Crippen molar-refractivity contribution < 1.29 is 4.74 Å². The smallest absolute Gasteiger partial charge is 0.191 e. The minimum absolute atomic E-state index is 0.222. The number of benzene rings is 1. The summed E-state index contributed by atoms with van der Waals surface area (Å²) >= 11 is 1.70. The molecule has 0 saturated carbocycles. The molecule has 1 unspecified atom stereocenters. The van der Waals surface area contributed by atoms with Gasteiger partial charge in [0, 0.05) is 13.1 Å². The third-order valence-corrected chi connectivity index (χ3v) is 4.64. The minimum atomic E-state index is 0.222. The van der Waals surface area contributed by atoms with Crippen molar-refractivity contribution in [2.24, 2.45) is 4.99 Å². The summed E-state index contributed by atoms with van der Waals surface area (Å²) in [5.74, 6) is 1.71. The normalized spacial score (nSPS) is 12.9. The summed E-state index contributed by atoms with van der Waals surface area (Å²) in [6.45, 7) is 4.36. The maximum atomic E-state index is 5.35. The highest BCUT2D eigenvalue weighted by atomic mass is 32.1. The molecule has 0 amide bonds. The van der Waals surface area contributed by atoms with Gasteiger partial charge in [-0.25, -0.2) is 4.99 Å². The zero-order valence-electron chi connectivity index (χ0n) is 15.5. The molecule has 0 radical (unpaired) electrons. The summed E-state index contributed by atoms with van der Waals surface area (Å²) in [6, 6.07) is 10.5. The monoisotopic (exact) mass is 360 g/mol. The van der Waals surface area contributed by atoms with Gasteiger partial charge in [-0.05, 0) is 61.1 Å². The van der Waals surface area contributed by atoms with Crippen LogP contribution < -0.4 is 15.4 Å². The molecular weight excluding hydrogens is 332 g/mol. The molecular formula is C19H28N4OS. The second-order valence-electron chi connectivity index (χ2n) is 5.96. The molecule has 0 aliphatic rings. The first-order valence-corrected chi connectivity index (χ1v) is 9.42. The maximum Gasteiger partial charge on any atom is 0.191 e. The summed E-state index contributed by atoms with van der Waals surface area (Å²) in [6.07, 6.45) is 0. The Morgan fingerprint density at radius 3 is 2.76 bits per heavy atom. The Labute approximate surface area is 154 Å². The highest BCUT2D eigenvalue weighted by Crippen LogP contribution is 2.22. The first kappa shape index (κ1) is 19.3. The van der Waals surface area contributed by atoms with Gasteiger partial charge in [-0.15, -0.1) is 0 Å². The van der Waals surface area contributed by atoms with Crippen LogP contribution in [0, 0.1) is 0 Å². The molecule has 2 aromatic rings. The van der Waals surface area contributed by atoms with E-state index in [-0.39, 0.29) is 6.04 Å². The highest BCUT2D eigenvalue weighted by molar-refractivity contribution is 7.07. The van der Waals surface area contributed by atoms with E-state index < -0.39 is 0 Å². The van der Waals surface area contributed by atoms with Crippen molar-refractivity contribution in [2.75, 3.05) is 34.3 Å². The average molecular weight is 361 g/mol. The Balaban J connectivity index is 2.05. The van der Waals surface area contributed by atoms with Gasteiger partial charge in [0.25, 0.3) is 0 Å². The van der Waals surface area contributed by atoms with Crippen molar-refractivity contribution in [1.82, 2.24) is 15.5 Å². The van der Waals surface area contributed by atoms with E-state index in [1.807, 2.05) is 12.1 Å². The number of nitrogens with one attached hydrogen (secondary N) is 2. The molecule has 2 rings (SSSR count). The summed E-state index contributed by atoms with van der Waals surface area (Å²) in [5.41, 5.74) is 2.45. The maximum absolute atomic E-state index is 5.35. The van der Waals surface area contributed by atoms with Gasteiger partial charge >= 0.3 is 0 Å². The number of likely N-dealkylation sites (N-methyl/N-ethyl adjacent to an activating group) is 1. The van der Waals surface area contributed by atoms with Crippen LogP contribution in [0.3, 0.4) is 0 Å². The topological polar surface area (TPSA) is 48.9 Å². The van der Waals surface area contributed by atoms with E-state index >= 15 is 0 Å². The Hall–Kier alpha value is -2.05. The summed E-state index contributed by atoms with van der Waals surface area (Å²) in [7, 11) is 5.87. The molecule has 0 bridgehead atoms. The average Bonchev–Trinajstić information content (AvgIpc) is 3.13. The molecule has 5 nitrogen and oxygen atoms in total. The van der Waals surface area contributed by atoms with Gasteiger partial charge < -0.3 is 20.3 Å². The molecule has 0 fully saturated rings. The molecule has 1 aromatic heterocycles. The van der Waals surface area contributed by atoms with Crippen LogP contribution in [0.5, 0.6) is 5.75 Å². The number of hydrogen-bond acceptors (Lipinski definition) is 4. The van der Waals surface area contributed by atoms with E-state index in [1.54, 1.807) is 18.4 Å². The summed E-state index contributed by atoms with van der Waals surface area (Å²) < 4.78 is 5.35. The van der Waals surface area contributed by atoms with Gasteiger partial charge in [0.15, 0.2) is 5.96 Å². The van der Waals surface area contributed by atoms with Crippen LogP contribution in [0.15, 0.2) is 46.1 Å². The number of ether oxygens (including phenoxy) is 1. The van der Waals surface area contributed by atoms with Gasteiger partial charge in [-0.1, -0.05) is 12.1 Å². The van der Waals surface area contributed by atoms with Gasteiger partial charge in [0.1, 0.15) is 5.75 Å². The third-order valence-electron chi connectivity index (χ3n) is 3.91. The quantitative estimate of drug-likeness (QED) is 0.561. The first-order valence-electron chi connectivity index (χ1n) is 8.47. The zero-order valence-corrected chi connectivity index (χ0v) is 16.3. The number of aliphatic imine (C=N–C) groups is 1. The molecule has 0 aliphatic heterocycles. The second kappa shape index (κ2) is 10.1. The SMILES string of the molecule is CCNC(=NCc1ccsc1)NCC(c1cccc(OC)c1)N(C)C. The van der Waals surface area contributed by atoms with Crippen LogP contribution in [0.25, 0.3) is 0 Å². The molecule has 0 aliphatic carbocycles. The molecule has 25 heavy (non-hydrogen) atoms. The molecule has 1 aromatic carbocycles. The molecule has 0 spiro atoms. The Morgan fingerprint density at radius 2 is 2.12 bits per heavy atom. The van der Waals surface area contributed by atoms with Crippen molar-refractivity contribution >= 4 is 17.3 Å². The van der Waals surface area contributed by atoms with Gasteiger partial charge in [-0.2, -0.15) is 11.3 Å².